The quantitative estimate of drug-likeness (QED) is 0.745. The fourth-order valence-corrected chi connectivity index (χ4v) is 2.58. The van der Waals surface area contributed by atoms with Gasteiger partial charge in [0, 0.05) is 18.3 Å². The third-order valence-electron chi connectivity index (χ3n) is 3.39. The van der Waals surface area contributed by atoms with Crippen LogP contribution in [-0.4, -0.2) is 34.2 Å². The van der Waals surface area contributed by atoms with Gasteiger partial charge in [-0.2, -0.15) is 0 Å². The van der Waals surface area contributed by atoms with Gasteiger partial charge in [-0.3, -0.25) is 4.79 Å². The molecule has 2 amide bonds. The van der Waals surface area contributed by atoms with E-state index in [-0.39, 0.29) is 23.1 Å². The minimum absolute atomic E-state index is 0.0253. The fourth-order valence-electron chi connectivity index (χ4n) is 2.38. The summed E-state index contributed by atoms with van der Waals surface area (Å²) >= 11 is 5.87. The SMILES string of the molecule is O=C(O)NC1CCC(NC(=O)c2cccnc2Cl)CC1. The Morgan fingerprint density at radius 2 is 1.80 bits per heavy atom. The van der Waals surface area contributed by atoms with E-state index in [0.717, 1.165) is 25.7 Å². The Kier molecular flexibility index (Phi) is 4.79. The Balaban J connectivity index is 1.85. The van der Waals surface area contributed by atoms with Crippen molar-refractivity contribution < 1.29 is 14.7 Å². The first-order valence-corrected chi connectivity index (χ1v) is 6.85. The Bertz CT molecular complexity index is 501. The number of nitrogens with one attached hydrogen (secondary N) is 2. The number of pyridine rings is 1. The molecule has 20 heavy (non-hydrogen) atoms. The maximum Gasteiger partial charge on any atom is 0.404 e. The van der Waals surface area contributed by atoms with Crippen LogP contribution in [0.2, 0.25) is 5.15 Å². The zero-order valence-electron chi connectivity index (χ0n) is 10.8. The molecule has 1 aliphatic rings. The summed E-state index contributed by atoms with van der Waals surface area (Å²) in [4.78, 5) is 26.5. The van der Waals surface area contributed by atoms with Crippen LogP contribution in [0.1, 0.15) is 36.0 Å². The molecule has 1 aliphatic carbocycles. The number of aromatic nitrogens is 1. The minimum atomic E-state index is -1.00. The lowest BCUT2D eigenvalue weighted by Crippen LogP contribution is -2.43. The number of hydrogen-bond donors (Lipinski definition) is 3. The van der Waals surface area contributed by atoms with Gasteiger partial charge < -0.3 is 15.7 Å². The molecule has 108 valence electrons. The normalized spacial score (nSPS) is 22.1. The lowest BCUT2D eigenvalue weighted by molar-refractivity contribution is 0.0923. The van der Waals surface area contributed by atoms with Crippen molar-refractivity contribution in [1.29, 1.82) is 0 Å². The standard InChI is InChI=1S/C13H16ClN3O3/c14-11-10(2-1-7-15-11)12(18)16-8-3-5-9(6-4-8)17-13(19)20/h1-2,7-9,17H,3-6H2,(H,16,18)(H,19,20). The summed E-state index contributed by atoms with van der Waals surface area (Å²) in [6.45, 7) is 0. The summed E-state index contributed by atoms with van der Waals surface area (Å²) in [6, 6.07) is 3.31. The van der Waals surface area contributed by atoms with E-state index in [9.17, 15) is 9.59 Å². The molecule has 1 fully saturated rings. The van der Waals surface area contributed by atoms with E-state index in [1.165, 1.54) is 6.20 Å². The van der Waals surface area contributed by atoms with Crippen molar-refractivity contribution in [2.24, 2.45) is 0 Å². The molecule has 7 heteroatoms. The third kappa shape index (κ3) is 3.84. The van der Waals surface area contributed by atoms with Crippen LogP contribution in [0.4, 0.5) is 4.79 Å². The number of hydrogen-bond acceptors (Lipinski definition) is 3. The van der Waals surface area contributed by atoms with Gasteiger partial charge in [0.25, 0.3) is 5.91 Å². The molecule has 6 nitrogen and oxygen atoms in total. The first kappa shape index (κ1) is 14.6. The number of rotatable bonds is 3. The summed E-state index contributed by atoms with van der Waals surface area (Å²) in [6.07, 6.45) is 3.46. The number of carboxylic acid groups (broad SMARTS) is 1. The molecule has 0 spiro atoms. The fraction of sp³-hybridized carbons (Fsp3) is 0.462. The minimum Gasteiger partial charge on any atom is -0.465 e. The highest BCUT2D eigenvalue weighted by atomic mass is 35.5. The second-order valence-electron chi connectivity index (χ2n) is 4.81. The monoisotopic (exact) mass is 297 g/mol. The highest BCUT2D eigenvalue weighted by Gasteiger charge is 2.24. The Morgan fingerprint density at radius 3 is 2.35 bits per heavy atom. The van der Waals surface area contributed by atoms with E-state index < -0.39 is 6.09 Å². The van der Waals surface area contributed by atoms with Gasteiger partial charge in [0.05, 0.1) is 5.56 Å². The van der Waals surface area contributed by atoms with E-state index in [2.05, 4.69) is 15.6 Å². The van der Waals surface area contributed by atoms with Gasteiger partial charge >= 0.3 is 6.09 Å². The molecule has 2 rings (SSSR count). The van der Waals surface area contributed by atoms with Crippen LogP contribution in [0.15, 0.2) is 18.3 Å². The van der Waals surface area contributed by atoms with Crippen LogP contribution in [0.3, 0.4) is 0 Å². The maximum atomic E-state index is 12.0. The van der Waals surface area contributed by atoms with E-state index in [1.807, 2.05) is 0 Å². The van der Waals surface area contributed by atoms with Gasteiger partial charge in [0.1, 0.15) is 5.15 Å². The number of halogens is 1. The second-order valence-corrected chi connectivity index (χ2v) is 5.17. The van der Waals surface area contributed by atoms with Crippen LogP contribution in [0.5, 0.6) is 0 Å². The average Bonchev–Trinajstić information content (AvgIpc) is 2.41. The van der Waals surface area contributed by atoms with Crippen molar-refractivity contribution in [2.75, 3.05) is 0 Å². The van der Waals surface area contributed by atoms with E-state index in [0.29, 0.717) is 5.56 Å². The van der Waals surface area contributed by atoms with Crippen molar-refractivity contribution >= 4 is 23.6 Å². The molecule has 0 atom stereocenters. The maximum absolute atomic E-state index is 12.0. The molecule has 0 saturated heterocycles. The van der Waals surface area contributed by atoms with E-state index in [1.54, 1.807) is 12.1 Å². The zero-order chi connectivity index (χ0) is 14.5. The average molecular weight is 298 g/mol. The molecule has 0 aliphatic heterocycles. The lowest BCUT2D eigenvalue weighted by atomic mass is 9.91. The zero-order valence-corrected chi connectivity index (χ0v) is 11.6. The molecular formula is C13H16ClN3O3. The van der Waals surface area contributed by atoms with Crippen molar-refractivity contribution in [1.82, 2.24) is 15.6 Å². The van der Waals surface area contributed by atoms with Gasteiger partial charge in [0.15, 0.2) is 0 Å². The summed E-state index contributed by atoms with van der Waals surface area (Å²) in [7, 11) is 0. The number of carbonyl (C=O) groups excluding carboxylic acids is 1. The van der Waals surface area contributed by atoms with Crippen LogP contribution in [0.25, 0.3) is 0 Å². The number of amides is 2. The molecule has 1 saturated carbocycles. The Morgan fingerprint density at radius 1 is 1.20 bits per heavy atom. The molecule has 0 unspecified atom stereocenters. The molecular weight excluding hydrogens is 282 g/mol. The smallest absolute Gasteiger partial charge is 0.404 e. The van der Waals surface area contributed by atoms with Crippen molar-refractivity contribution in [3.05, 3.63) is 29.0 Å². The highest BCUT2D eigenvalue weighted by molar-refractivity contribution is 6.32. The van der Waals surface area contributed by atoms with E-state index in [4.69, 9.17) is 16.7 Å². The predicted molar refractivity (Wildman–Crippen MR) is 73.9 cm³/mol. The summed E-state index contributed by atoms with van der Waals surface area (Å²) < 4.78 is 0. The predicted octanol–water partition coefficient (Wildman–Crippen LogP) is 2.04. The second kappa shape index (κ2) is 6.56. The Hall–Kier alpha value is -1.82. The molecule has 1 heterocycles. The molecule has 0 aromatic carbocycles. The first-order valence-electron chi connectivity index (χ1n) is 6.47. The molecule has 0 radical (unpaired) electrons. The van der Waals surface area contributed by atoms with Gasteiger partial charge in [-0.25, -0.2) is 9.78 Å². The van der Waals surface area contributed by atoms with Gasteiger partial charge in [0.2, 0.25) is 0 Å². The number of carbonyl (C=O) groups is 2. The third-order valence-corrected chi connectivity index (χ3v) is 3.69. The van der Waals surface area contributed by atoms with Crippen LogP contribution in [0, 0.1) is 0 Å². The number of nitrogens with zero attached hydrogens (tertiary/aromatic N) is 1. The van der Waals surface area contributed by atoms with Gasteiger partial charge in [-0.05, 0) is 37.8 Å². The van der Waals surface area contributed by atoms with Crippen molar-refractivity contribution in [3.63, 3.8) is 0 Å². The molecule has 3 N–H and O–H groups in total. The van der Waals surface area contributed by atoms with Crippen LogP contribution >= 0.6 is 11.6 Å². The molecule has 0 bridgehead atoms. The van der Waals surface area contributed by atoms with Crippen molar-refractivity contribution in [2.45, 2.75) is 37.8 Å². The first-order chi connectivity index (χ1) is 9.56. The summed E-state index contributed by atoms with van der Waals surface area (Å²) in [5, 5.41) is 14.2. The Labute approximate surface area is 121 Å². The largest absolute Gasteiger partial charge is 0.465 e. The van der Waals surface area contributed by atoms with E-state index >= 15 is 0 Å². The van der Waals surface area contributed by atoms with Crippen molar-refractivity contribution in [3.8, 4) is 0 Å². The van der Waals surface area contributed by atoms with Gasteiger partial charge in [-0.15, -0.1) is 0 Å². The van der Waals surface area contributed by atoms with Crippen LogP contribution < -0.4 is 10.6 Å². The summed E-state index contributed by atoms with van der Waals surface area (Å²) in [5.41, 5.74) is 0.361. The van der Waals surface area contributed by atoms with Gasteiger partial charge in [-0.1, -0.05) is 11.6 Å². The highest BCUT2D eigenvalue weighted by Crippen LogP contribution is 2.20. The molecule has 1 aromatic heterocycles. The van der Waals surface area contributed by atoms with Crippen LogP contribution in [-0.2, 0) is 0 Å². The summed E-state index contributed by atoms with van der Waals surface area (Å²) in [5.74, 6) is -0.238. The lowest BCUT2D eigenvalue weighted by Gasteiger charge is -2.28. The topological polar surface area (TPSA) is 91.3 Å². The molecule has 1 aromatic rings.